The van der Waals surface area contributed by atoms with E-state index in [0.29, 0.717) is 0 Å². The number of carbonyl (C=O) groups is 2. The molecule has 2 fully saturated rings. The summed E-state index contributed by atoms with van der Waals surface area (Å²) in [6.45, 7) is 4.14. The molecule has 10 heteroatoms. The summed E-state index contributed by atoms with van der Waals surface area (Å²) in [4.78, 5) is 26.2. The Bertz CT molecular complexity index is 343. The van der Waals surface area contributed by atoms with Gasteiger partial charge in [0.2, 0.25) is 0 Å². The first-order valence-electron chi connectivity index (χ1n) is 9.61. The summed E-state index contributed by atoms with van der Waals surface area (Å²) in [6.07, 6.45) is 9.72. The molecule has 10 nitrogen and oxygen atoms in total. The van der Waals surface area contributed by atoms with E-state index in [9.17, 15) is 0 Å². The largest absolute Gasteiger partial charge is 0.503 e. The Kier molecular flexibility index (Phi) is 16.7. The molecule has 2 aliphatic carbocycles. The van der Waals surface area contributed by atoms with Gasteiger partial charge in [-0.15, -0.1) is 0 Å². The Morgan fingerprint density at radius 1 is 0.643 bits per heavy atom. The van der Waals surface area contributed by atoms with Crippen molar-refractivity contribution in [2.45, 2.75) is 102 Å². The highest BCUT2D eigenvalue weighted by atomic mass is 17.1. The average Bonchev–Trinajstić information content (AvgIpc) is 2.68. The molecule has 28 heavy (non-hydrogen) atoms. The Morgan fingerprint density at radius 2 is 0.857 bits per heavy atom. The third kappa shape index (κ3) is 14.4. The molecular formula is C18H36O10. The fourth-order valence-electron chi connectivity index (χ4n) is 3.41. The average molecular weight is 412 g/mol. The first kappa shape index (κ1) is 28.6. The molecule has 0 saturated heterocycles. The molecule has 0 radical (unpaired) electrons. The zero-order valence-electron chi connectivity index (χ0n) is 16.8. The van der Waals surface area contributed by atoms with Crippen molar-refractivity contribution >= 4 is 12.3 Å². The van der Waals surface area contributed by atoms with Crippen LogP contribution in [0.2, 0.25) is 0 Å². The smallest absolute Gasteiger partial charge is 0.450 e. The predicted molar refractivity (Wildman–Crippen MR) is 101 cm³/mol. The molecular weight excluding hydrogens is 376 g/mol. The monoisotopic (exact) mass is 412 g/mol. The van der Waals surface area contributed by atoms with Gasteiger partial charge in [-0.25, -0.2) is 19.4 Å². The van der Waals surface area contributed by atoms with Gasteiger partial charge in [0, 0.05) is 0 Å². The molecule has 2 saturated carbocycles. The first-order valence-corrected chi connectivity index (χ1v) is 9.61. The number of carboxylic acid groups (broad SMARTS) is 4. The summed E-state index contributed by atoms with van der Waals surface area (Å²) in [7, 11) is 0. The SMILES string of the molecule is CCC1(OO)CCCCC1.CCC1(OO)CCCCC1.O=C(O)O.O=C(O)O. The van der Waals surface area contributed by atoms with Crippen LogP contribution in [0.15, 0.2) is 0 Å². The van der Waals surface area contributed by atoms with E-state index >= 15 is 0 Å². The van der Waals surface area contributed by atoms with E-state index in [2.05, 4.69) is 23.6 Å². The maximum atomic E-state index is 8.64. The van der Waals surface area contributed by atoms with E-state index in [1.54, 1.807) is 0 Å². The summed E-state index contributed by atoms with van der Waals surface area (Å²) in [5.74, 6) is 0. The highest BCUT2D eigenvalue weighted by molar-refractivity contribution is 5.53. The Labute approximate surface area is 165 Å². The van der Waals surface area contributed by atoms with E-state index in [-0.39, 0.29) is 11.2 Å². The van der Waals surface area contributed by atoms with Crippen LogP contribution in [-0.2, 0) is 9.78 Å². The van der Waals surface area contributed by atoms with Gasteiger partial charge in [0.1, 0.15) is 11.2 Å². The number of rotatable bonds is 4. The Hall–Kier alpha value is -1.62. The van der Waals surface area contributed by atoms with Crippen molar-refractivity contribution in [1.82, 2.24) is 0 Å². The van der Waals surface area contributed by atoms with Crippen molar-refractivity contribution in [3.8, 4) is 0 Å². The maximum Gasteiger partial charge on any atom is 0.503 e. The third-order valence-electron chi connectivity index (χ3n) is 5.21. The molecule has 0 atom stereocenters. The van der Waals surface area contributed by atoms with Crippen molar-refractivity contribution in [1.29, 1.82) is 0 Å². The van der Waals surface area contributed by atoms with Crippen molar-refractivity contribution < 1.29 is 50.3 Å². The second-order valence-corrected chi connectivity index (χ2v) is 6.94. The fraction of sp³-hybridized carbons (Fsp3) is 0.889. The van der Waals surface area contributed by atoms with E-state index in [1.165, 1.54) is 38.5 Å². The van der Waals surface area contributed by atoms with Gasteiger partial charge in [-0.2, -0.15) is 0 Å². The van der Waals surface area contributed by atoms with Gasteiger partial charge in [-0.05, 0) is 38.5 Å². The molecule has 2 aliphatic rings. The van der Waals surface area contributed by atoms with Crippen LogP contribution in [-0.4, -0.2) is 54.5 Å². The second-order valence-electron chi connectivity index (χ2n) is 6.94. The lowest BCUT2D eigenvalue weighted by molar-refractivity contribution is -0.331. The molecule has 0 aromatic heterocycles. The van der Waals surface area contributed by atoms with Crippen molar-refractivity contribution in [2.24, 2.45) is 0 Å². The molecule has 2 rings (SSSR count). The van der Waals surface area contributed by atoms with Crippen LogP contribution in [0.3, 0.4) is 0 Å². The predicted octanol–water partition coefficient (Wildman–Crippen LogP) is 5.62. The lowest BCUT2D eigenvalue weighted by atomic mass is 9.83. The quantitative estimate of drug-likeness (QED) is 0.251. The molecule has 0 aliphatic heterocycles. The van der Waals surface area contributed by atoms with Gasteiger partial charge in [0.05, 0.1) is 0 Å². The van der Waals surface area contributed by atoms with Gasteiger partial charge in [-0.1, -0.05) is 52.4 Å². The zero-order chi connectivity index (χ0) is 22.1. The molecule has 0 bridgehead atoms. The van der Waals surface area contributed by atoms with Crippen LogP contribution < -0.4 is 0 Å². The number of hydrogen-bond acceptors (Lipinski definition) is 6. The maximum absolute atomic E-state index is 8.64. The first-order chi connectivity index (χ1) is 13.1. The van der Waals surface area contributed by atoms with Gasteiger partial charge in [0.15, 0.2) is 0 Å². The van der Waals surface area contributed by atoms with Gasteiger partial charge >= 0.3 is 12.3 Å². The van der Waals surface area contributed by atoms with Crippen LogP contribution >= 0.6 is 0 Å². The third-order valence-corrected chi connectivity index (χ3v) is 5.21. The fourth-order valence-corrected chi connectivity index (χ4v) is 3.41. The minimum Gasteiger partial charge on any atom is -0.450 e. The highest BCUT2D eigenvalue weighted by Crippen LogP contribution is 2.34. The Morgan fingerprint density at radius 3 is 0.964 bits per heavy atom. The van der Waals surface area contributed by atoms with Gasteiger partial charge in [-0.3, -0.25) is 10.5 Å². The van der Waals surface area contributed by atoms with Crippen molar-refractivity contribution in [3.63, 3.8) is 0 Å². The molecule has 0 spiro atoms. The van der Waals surface area contributed by atoms with E-state index in [4.69, 9.17) is 40.5 Å². The van der Waals surface area contributed by atoms with Crippen LogP contribution in [0.1, 0.15) is 90.9 Å². The normalized spacial score (nSPS) is 19.3. The van der Waals surface area contributed by atoms with E-state index < -0.39 is 12.3 Å². The van der Waals surface area contributed by atoms with Crippen LogP contribution in [0.25, 0.3) is 0 Å². The minimum atomic E-state index is -1.83. The van der Waals surface area contributed by atoms with Gasteiger partial charge < -0.3 is 20.4 Å². The molecule has 0 aromatic carbocycles. The minimum absolute atomic E-state index is 0.182. The lowest BCUT2D eigenvalue weighted by Gasteiger charge is -2.32. The highest BCUT2D eigenvalue weighted by Gasteiger charge is 2.32. The van der Waals surface area contributed by atoms with Crippen molar-refractivity contribution in [2.75, 3.05) is 0 Å². The summed E-state index contributed by atoms with van der Waals surface area (Å²) in [6, 6.07) is 0. The Balaban J connectivity index is 0. The molecule has 0 unspecified atom stereocenters. The molecule has 0 heterocycles. The summed E-state index contributed by atoms with van der Waals surface area (Å²) in [5.41, 5.74) is -0.365. The lowest BCUT2D eigenvalue weighted by Crippen LogP contribution is -2.32. The molecule has 6 N–H and O–H groups in total. The van der Waals surface area contributed by atoms with Crippen LogP contribution in [0.5, 0.6) is 0 Å². The standard InChI is InChI=1S/2C8H16O2.2CH2O3/c2*1-2-8(10-9)6-4-3-5-7-8;2*2-1(3)4/h2*9H,2-7H2,1H3;2*(H2,2,3,4). The van der Waals surface area contributed by atoms with Crippen molar-refractivity contribution in [3.05, 3.63) is 0 Å². The zero-order valence-corrected chi connectivity index (χ0v) is 16.8. The van der Waals surface area contributed by atoms with Crippen LogP contribution in [0.4, 0.5) is 9.59 Å². The molecule has 168 valence electrons. The summed E-state index contributed by atoms with van der Waals surface area (Å²) >= 11 is 0. The van der Waals surface area contributed by atoms with Gasteiger partial charge in [0.25, 0.3) is 0 Å². The van der Waals surface area contributed by atoms with E-state index in [0.717, 1.165) is 38.5 Å². The second kappa shape index (κ2) is 16.3. The summed E-state index contributed by atoms with van der Waals surface area (Å²) < 4.78 is 0. The summed E-state index contributed by atoms with van der Waals surface area (Å²) in [5, 5.41) is 45.2. The topological polar surface area (TPSA) is 174 Å². The number of hydrogen-bond donors (Lipinski definition) is 6. The molecule has 0 amide bonds. The van der Waals surface area contributed by atoms with E-state index in [1.807, 2.05) is 0 Å². The molecule has 0 aromatic rings. The van der Waals surface area contributed by atoms with Crippen LogP contribution in [0, 0.1) is 0 Å².